The number of hydrogen-bond donors (Lipinski definition) is 4. The summed E-state index contributed by atoms with van der Waals surface area (Å²) in [7, 11) is 1.43. The fourth-order valence-corrected chi connectivity index (χ4v) is 4.17. The van der Waals surface area contributed by atoms with Crippen LogP contribution in [-0.4, -0.2) is 60.1 Å². The predicted octanol–water partition coefficient (Wildman–Crippen LogP) is 4.71. The fraction of sp³-hybridized carbons (Fsp3) is 0.483. The summed E-state index contributed by atoms with van der Waals surface area (Å²) in [5.41, 5.74) is -0.0838. The van der Waals surface area contributed by atoms with E-state index in [9.17, 15) is 32.7 Å². The number of carbonyl (C=O) groups excluding carboxylic acids is 3. The van der Waals surface area contributed by atoms with Gasteiger partial charge in [-0.3, -0.25) is 9.59 Å². The first-order chi connectivity index (χ1) is 19.4. The largest absolute Gasteiger partial charge is 0.497 e. The molecule has 0 spiro atoms. The number of methoxy groups -OCH3 is 1. The minimum Gasteiger partial charge on any atom is -0.497 e. The molecule has 0 aromatic heterocycles. The molecule has 0 aliphatic carbocycles. The Morgan fingerprint density at radius 1 is 0.952 bits per heavy atom. The third-order valence-electron chi connectivity index (χ3n) is 6.04. The van der Waals surface area contributed by atoms with Gasteiger partial charge in [-0.2, -0.15) is 13.2 Å². The van der Waals surface area contributed by atoms with Crippen LogP contribution in [0.5, 0.6) is 5.75 Å². The lowest BCUT2D eigenvalue weighted by atomic mass is 9.96. The number of halogens is 4. The Morgan fingerprint density at radius 3 is 2.07 bits per heavy atom. The molecule has 3 amide bonds. The Balaban J connectivity index is 2.44. The summed E-state index contributed by atoms with van der Waals surface area (Å²) in [6, 6.07) is 8.02. The highest BCUT2D eigenvalue weighted by Gasteiger charge is 2.46. The van der Waals surface area contributed by atoms with Crippen LogP contribution in [0, 0.1) is 5.92 Å². The molecule has 0 aliphatic rings. The van der Waals surface area contributed by atoms with Crippen LogP contribution in [-0.2, 0) is 20.7 Å². The van der Waals surface area contributed by atoms with E-state index >= 15 is 0 Å². The number of nitrogens with one attached hydrogen (secondary N) is 3. The number of amides is 3. The van der Waals surface area contributed by atoms with Gasteiger partial charge in [-0.05, 0) is 62.1 Å². The van der Waals surface area contributed by atoms with Crippen molar-refractivity contribution in [2.45, 2.75) is 77.0 Å². The van der Waals surface area contributed by atoms with Crippen molar-refractivity contribution in [3.05, 3.63) is 64.7 Å². The van der Waals surface area contributed by atoms with E-state index in [0.717, 1.165) is 0 Å². The second-order valence-corrected chi connectivity index (χ2v) is 11.4. The molecule has 13 heteroatoms. The van der Waals surface area contributed by atoms with Crippen molar-refractivity contribution in [1.29, 1.82) is 0 Å². The zero-order valence-corrected chi connectivity index (χ0v) is 25.0. The van der Waals surface area contributed by atoms with E-state index < -0.39 is 59.8 Å². The van der Waals surface area contributed by atoms with Gasteiger partial charge < -0.3 is 30.5 Å². The second kappa shape index (κ2) is 14.6. The van der Waals surface area contributed by atoms with Gasteiger partial charge in [0.2, 0.25) is 11.8 Å². The number of alkyl halides is 3. The number of benzene rings is 2. The number of hydrogen-bond acceptors (Lipinski definition) is 6. The van der Waals surface area contributed by atoms with E-state index in [2.05, 4.69) is 16.0 Å². The smallest absolute Gasteiger partial charge is 0.416 e. The van der Waals surface area contributed by atoms with Gasteiger partial charge in [0.05, 0.1) is 13.2 Å². The molecule has 2 rings (SSSR count). The van der Waals surface area contributed by atoms with E-state index in [4.69, 9.17) is 21.1 Å². The lowest BCUT2D eigenvalue weighted by Crippen LogP contribution is -2.56. The molecule has 0 radical (unpaired) electrons. The molecule has 9 nitrogen and oxygen atoms in total. The number of aliphatic hydroxyl groups is 1. The van der Waals surface area contributed by atoms with E-state index in [1.165, 1.54) is 45.2 Å². The highest BCUT2D eigenvalue weighted by atomic mass is 35.5. The van der Waals surface area contributed by atoms with Crippen molar-refractivity contribution >= 4 is 29.5 Å². The number of rotatable bonds is 11. The molecule has 0 unspecified atom stereocenters. The molecule has 4 N–H and O–H groups in total. The molecule has 0 saturated carbocycles. The minimum atomic E-state index is -5.00. The van der Waals surface area contributed by atoms with Gasteiger partial charge >= 0.3 is 12.3 Å². The molecule has 0 saturated heterocycles. The molecular formula is C29H37ClF3N3O6. The van der Waals surface area contributed by atoms with E-state index in [-0.39, 0.29) is 12.0 Å². The molecule has 0 bridgehead atoms. The first-order valence-corrected chi connectivity index (χ1v) is 13.5. The predicted molar refractivity (Wildman–Crippen MR) is 151 cm³/mol. The van der Waals surface area contributed by atoms with Crippen LogP contribution in [0.25, 0.3) is 0 Å². The first kappa shape index (κ1) is 34.7. The number of carbonyl (C=O) groups is 3. The monoisotopic (exact) mass is 615 g/mol. The second-order valence-electron chi connectivity index (χ2n) is 11.0. The maximum Gasteiger partial charge on any atom is 0.416 e. The molecule has 0 fully saturated rings. The van der Waals surface area contributed by atoms with Gasteiger partial charge in [0.1, 0.15) is 23.4 Å². The van der Waals surface area contributed by atoms with Crippen LogP contribution in [0.15, 0.2) is 48.5 Å². The Hall–Kier alpha value is -3.51. The molecule has 0 heterocycles. The summed E-state index contributed by atoms with van der Waals surface area (Å²) < 4.78 is 50.5. The van der Waals surface area contributed by atoms with Crippen molar-refractivity contribution < 1.29 is 42.1 Å². The molecule has 0 aliphatic heterocycles. The summed E-state index contributed by atoms with van der Waals surface area (Å²) >= 11 is 6.09. The zero-order chi connectivity index (χ0) is 31.8. The zero-order valence-electron chi connectivity index (χ0n) is 24.2. The van der Waals surface area contributed by atoms with Gasteiger partial charge in [-0.25, -0.2) is 4.79 Å². The van der Waals surface area contributed by atoms with Crippen LogP contribution < -0.4 is 20.7 Å². The quantitative estimate of drug-likeness (QED) is 0.290. The summed E-state index contributed by atoms with van der Waals surface area (Å²) in [6.45, 7) is 7.74. The third-order valence-corrected chi connectivity index (χ3v) is 6.27. The lowest BCUT2D eigenvalue weighted by Gasteiger charge is -2.31. The van der Waals surface area contributed by atoms with Crippen LogP contribution in [0.4, 0.5) is 18.0 Å². The highest BCUT2D eigenvalue weighted by Crippen LogP contribution is 2.27. The van der Waals surface area contributed by atoms with E-state index in [1.54, 1.807) is 45.0 Å². The molecule has 232 valence electrons. The SMILES string of the molecule is COc1ccc([C@H](NC(=O)[C@H](Cc2cccc(Cl)c2)NC(=O)OC(C)(C)C)C(=O)N[C@@H](C(C)C)[C@H](O)C(F)(F)F)cc1. The standard InChI is InChI=1S/C29H37ClF3N3O6/c1-16(2)22(24(37)29(31,32)33)35-26(39)23(18-10-12-20(41-6)13-11-18)36-25(38)21(34-27(40)42-28(3,4)5)15-17-8-7-9-19(30)14-17/h7-14,16,21-24,37H,15H2,1-6H3,(H,34,40)(H,35,39)(H,36,38)/t21-,22-,23-,24-/m0/s1. The normalized spacial score (nSPS) is 14.8. The van der Waals surface area contributed by atoms with Crippen LogP contribution >= 0.6 is 11.6 Å². The lowest BCUT2D eigenvalue weighted by molar-refractivity contribution is -0.215. The van der Waals surface area contributed by atoms with Crippen molar-refractivity contribution in [1.82, 2.24) is 16.0 Å². The maximum atomic E-state index is 13.6. The summed E-state index contributed by atoms with van der Waals surface area (Å²) in [4.78, 5) is 39.7. The van der Waals surface area contributed by atoms with Crippen molar-refractivity contribution in [2.75, 3.05) is 7.11 Å². The van der Waals surface area contributed by atoms with Gasteiger partial charge in [0.25, 0.3) is 0 Å². The number of aliphatic hydroxyl groups excluding tert-OH is 1. The first-order valence-electron chi connectivity index (χ1n) is 13.1. The number of ether oxygens (including phenoxy) is 2. The van der Waals surface area contributed by atoms with Crippen LogP contribution in [0.3, 0.4) is 0 Å². The number of alkyl carbamates (subject to hydrolysis) is 1. The van der Waals surface area contributed by atoms with Gasteiger partial charge in [0.15, 0.2) is 6.10 Å². The van der Waals surface area contributed by atoms with E-state index in [1.807, 2.05) is 0 Å². The highest BCUT2D eigenvalue weighted by molar-refractivity contribution is 6.30. The summed E-state index contributed by atoms with van der Waals surface area (Å²) in [6.07, 6.45) is -8.80. The van der Waals surface area contributed by atoms with Gasteiger partial charge in [-0.15, -0.1) is 0 Å². The Kier molecular flexibility index (Phi) is 12.1. The maximum absolute atomic E-state index is 13.6. The Morgan fingerprint density at radius 2 is 1.57 bits per heavy atom. The van der Waals surface area contributed by atoms with Crippen molar-refractivity contribution in [2.24, 2.45) is 5.92 Å². The average Bonchev–Trinajstić information content (AvgIpc) is 2.87. The minimum absolute atomic E-state index is 0.0516. The average molecular weight is 616 g/mol. The van der Waals surface area contributed by atoms with E-state index in [0.29, 0.717) is 16.3 Å². The molecule has 2 aromatic rings. The summed E-state index contributed by atoms with van der Waals surface area (Å²) in [5.74, 6) is -2.21. The topological polar surface area (TPSA) is 126 Å². The molecular weight excluding hydrogens is 579 g/mol. The molecule has 4 atom stereocenters. The van der Waals surface area contributed by atoms with Crippen LogP contribution in [0.1, 0.15) is 51.8 Å². The molecule has 42 heavy (non-hydrogen) atoms. The van der Waals surface area contributed by atoms with Crippen molar-refractivity contribution in [3.8, 4) is 5.75 Å². The summed E-state index contributed by atoms with van der Waals surface area (Å²) in [5, 5.41) is 17.6. The van der Waals surface area contributed by atoms with Gasteiger partial charge in [-0.1, -0.05) is 49.7 Å². The fourth-order valence-electron chi connectivity index (χ4n) is 3.96. The molecule has 2 aromatic carbocycles. The Bertz CT molecular complexity index is 1220. The third kappa shape index (κ3) is 10.7. The van der Waals surface area contributed by atoms with Crippen molar-refractivity contribution in [3.63, 3.8) is 0 Å². The Labute approximate surface area is 248 Å². The van der Waals surface area contributed by atoms with Crippen LogP contribution in [0.2, 0.25) is 5.02 Å². The van der Waals surface area contributed by atoms with Gasteiger partial charge in [0, 0.05) is 11.4 Å².